The van der Waals surface area contributed by atoms with Gasteiger partial charge in [0.1, 0.15) is 0 Å². The van der Waals surface area contributed by atoms with Gasteiger partial charge in [-0.15, -0.1) is 0 Å². The smallest absolute Gasteiger partial charge is 0.228 e. The maximum absolute atomic E-state index is 12.5. The second kappa shape index (κ2) is 4.45. The average Bonchev–Trinajstić information content (AvgIpc) is 2.88. The zero-order valence-corrected chi connectivity index (χ0v) is 11.5. The van der Waals surface area contributed by atoms with Gasteiger partial charge in [0.25, 0.3) is 0 Å². The van der Waals surface area contributed by atoms with Gasteiger partial charge in [0.2, 0.25) is 5.78 Å². The highest BCUT2D eigenvalue weighted by atomic mass is 16.3. The molecule has 1 aromatic carbocycles. The molecule has 2 rings (SSSR count). The molecule has 94 valence electrons. The van der Waals surface area contributed by atoms with Gasteiger partial charge in [0.05, 0.1) is 6.26 Å². The summed E-state index contributed by atoms with van der Waals surface area (Å²) in [7, 11) is 0. The van der Waals surface area contributed by atoms with Crippen molar-refractivity contribution < 1.29 is 9.21 Å². The molecular formula is C16H18O2. The Bertz CT molecular complexity index is 576. The Hall–Kier alpha value is -1.83. The van der Waals surface area contributed by atoms with Crippen LogP contribution in [-0.4, -0.2) is 5.78 Å². The molecule has 2 aromatic rings. The van der Waals surface area contributed by atoms with Crippen LogP contribution in [0.25, 0.3) is 0 Å². The van der Waals surface area contributed by atoms with Crippen molar-refractivity contribution in [3.8, 4) is 0 Å². The first-order chi connectivity index (χ1) is 8.45. The van der Waals surface area contributed by atoms with E-state index in [0.717, 1.165) is 16.7 Å². The SMILES string of the molecule is Cc1c(C)c(C)c(C(=O)c2ccco2)c(C)c1C. The van der Waals surface area contributed by atoms with Gasteiger partial charge in [0, 0.05) is 5.56 Å². The average molecular weight is 242 g/mol. The molecule has 0 saturated carbocycles. The molecule has 1 aromatic heterocycles. The fourth-order valence-electron chi connectivity index (χ4n) is 2.37. The summed E-state index contributed by atoms with van der Waals surface area (Å²) in [6.45, 7) is 10.2. The van der Waals surface area contributed by atoms with E-state index in [1.165, 1.54) is 23.0 Å². The van der Waals surface area contributed by atoms with Crippen LogP contribution >= 0.6 is 0 Å². The highest BCUT2D eigenvalue weighted by molar-refractivity contribution is 6.09. The Morgan fingerprint density at radius 2 is 1.39 bits per heavy atom. The van der Waals surface area contributed by atoms with Crippen molar-refractivity contribution in [1.82, 2.24) is 0 Å². The Morgan fingerprint density at radius 1 is 0.889 bits per heavy atom. The first kappa shape index (κ1) is 12.6. The lowest BCUT2D eigenvalue weighted by molar-refractivity contribution is 0.101. The molecule has 0 fully saturated rings. The molecule has 0 bridgehead atoms. The number of hydrogen-bond donors (Lipinski definition) is 0. The molecule has 18 heavy (non-hydrogen) atoms. The number of rotatable bonds is 2. The van der Waals surface area contributed by atoms with Gasteiger partial charge >= 0.3 is 0 Å². The van der Waals surface area contributed by atoms with E-state index < -0.39 is 0 Å². The lowest BCUT2D eigenvalue weighted by Crippen LogP contribution is -2.10. The van der Waals surface area contributed by atoms with Gasteiger partial charge in [-0.2, -0.15) is 0 Å². The van der Waals surface area contributed by atoms with E-state index >= 15 is 0 Å². The van der Waals surface area contributed by atoms with E-state index in [4.69, 9.17) is 4.42 Å². The third kappa shape index (κ3) is 1.78. The fourth-order valence-corrected chi connectivity index (χ4v) is 2.37. The van der Waals surface area contributed by atoms with E-state index in [2.05, 4.69) is 20.8 Å². The summed E-state index contributed by atoms with van der Waals surface area (Å²) < 4.78 is 5.22. The van der Waals surface area contributed by atoms with Gasteiger partial charge in [0.15, 0.2) is 5.76 Å². The fraction of sp³-hybridized carbons (Fsp3) is 0.312. The predicted molar refractivity (Wildman–Crippen MR) is 72.3 cm³/mol. The van der Waals surface area contributed by atoms with Crippen LogP contribution in [0.2, 0.25) is 0 Å². The zero-order valence-electron chi connectivity index (χ0n) is 11.5. The number of hydrogen-bond acceptors (Lipinski definition) is 2. The van der Waals surface area contributed by atoms with Crippen molar-refractivity contribution in [3.63, 3.8) is 0 Å². The summed E-state index contributed by atoms with van der Waals surface area (Å²) in [6, 6.07) is 3.46. The second-order valence-electron chi connectivity index (χ2n) is 4.81. The number of furan rings is 1. The van der Waals surface area contributed by atoms with Crippen LogP contribution in [0.3, 0.4) is 0 Å². The molecule has 0 N–H and O–H groups in total. The Morgan fingerprint density at radius 3 is 1.83 bits per heavy atom. The van der Waals surface area contributed by atoms with E-state index in [1.807, 2.05) is 13.8 Å². The van der Waals surface area contributed by atoms with Gasteiger partial charge in [-0.05, 0) is 74.6 Å². The maximum Gasteiger partial charge on any atom is 0.228 e. The van der Waals surface area contributed by atoms with Crippen molar-refractivity contribution >= 4 is 5.78 Å². The first-order valence-corrected chi connectivity index (χ1v) is 6.10. The molecule has 0 aliphatic carbocycles. The number of carbonyl (C=O) groups is 1. The predicted octanol–water partition coefficient (Wildman–Crippen LogP) is 4.05. The Labute approximate surface area is 108 Å². The van der Waals surface area contributed by atoms with Crippen molar-refractivity contribution in [2.24, 2.45) is 0 Å². The number of benzene rings is 1. The van der Waals surface area contributed by atoms with Gasteiger partial charge in [-0.25, -0.2) is 0 Å². The van der Waals surface area contributed by atoms with Crippen molar-refractivity contribution in [3.05, 3.63) is 57.5 Å². The lowest BCUT2D eigenvalue weighted by atomic mass is 9.87. The molecule has 0 spiro atoms. The maximum atomic E-state index is 12.5. The summed E-state index contributed by atoms with van der Waals surface area (Å²) in [6.07, 6.45) is 1.53. The van der Waals surface area contributed by atoms with Crippen LogP contribution < -0.4 is 0 Å². The number of ketones is 1. The van der Waals surface area contributed by atoms with Crippen LogP contribution in [0.1, 0.15) is 43.9 Å². The van der Waals surface area contributed by atoms with E-state index in [-0.39, 0.29) is 5.78 Å². The third-order valence-corrected chi connectivity index (χ3v) is 3.97. The topological polar surface area (TPSA) is 30.2 Å². The van der Waals surface area contributed by atoms with Gasteiger partial charge in [-0.3, -0.25) is 4.79 Å². The van der Waals surface area contributed by atoms with E-state index in [1.54, 1.807) is 12.1 Å². The number of carbonyl (C=O) groups excluding carboxylic acids is 1. The molecule has 0 saturated heterocycles. The molecule has 0 atom stereocenters. The molecule has 0 aliphatic heterocycles. The minimum Gasteiger partial charge on any atom is -0.461 e. The lowest BCUT2D eigenvalue weighted by Gasteiger charge is -2.17. The molecule has 1 heterocycles. The van der Waals surface area contributed by atoms with Crippen LogP contribution in [0.5, 0.6) is 0 Å². The molecule has 2 nitrogen and oxygen atoms in total. The van der Waals surface area contributed by atoms with Crippen molar-refractivity contribution in [2.45, 2.75) is 34.6 Å². The van der Waals surface area contributed by atoms with Gasteiger partial charge < -0.3 is 4.42 Å². The van der Waals surface area contributed by atoms with Crippen LogP contribution in [0.4, 0.5) is 0 Å². The van der Waals surface area contributed by atoms with E-state index in [9.17, 15) is 4.79 Å². The molecule has 2 heteroatoms. The first-order valence-electron chi connectivity index (χ1n) is 6.10. The normalized spacial score (nSPS) is 10.7. The van der Waals surface area contributed by atoms with Crippen LogP contribution in [-0.2, 0) is 0 Å². The highest BCUT2D eigenvalue weighted by Gasteiger charge is 2.20. The highest BCUT2D eigenvalue weighted by Crippen LogP contribution is 2.27. The summed E-state index contributed by atoms with van der Waals surface area (Å²) >= 11 is 0. The molecule has 0 aliphatic rings. The second-order valence-corrected chi connectivity index (χ2v) is 4.81. The zero-order chi connectivity index (χ0) is 13.4. The van der Waals surface area contributed by atoms with E-state index in [0.29, 0.717) is 5.76 Å². The Balaban J connectivity index is 2.69. The molecule has 0 radical (unpaired) electrons. The third-order valence-electron chi connectivity index (χ3n) is 3.97. The molecule has 0 amide bonds. The van der Waals surface area contributed by atoms with Crippen molar-refractivity contribution in [2.75, 3.05) is 0 Å². The van der Waals surface area contributed by atoms with Crippen LogP contribution in [0.15, 0.2) is 22.8 Å². The largest absolute Gasteiger partial charge is 0.461 e. The van der Waals surface area contributed by atoms with Crippen molar-refractivity contribution in [1.29, 1.82) is 0 Å². The minimum absolute atomic E-state index is 0.0267. The summed E-state index contributed by atoms with van der Waals surface area (Å²) in [4.78, 5) is 12.5. The quantitative estimate of drug-likeness (QED) is 0.743. The monoisotopic (exact) mass is 242 g/mol. The molecular weight excluding hydrogens is 224 g/mol. The minimum atomic E-state index is -0.0267. The van der Waals surface area contributed by atoms with Gasteiger partial charge in [-0.1, -0.05) is 0 Å². The summed E-state index contributed by atoms with van der Waals surface area (Å²) in [5, 5.41) is 0. The summed E-state index contributed by atoms with van der Waals surface area (Å²) in [5.41, 5.74) is 6.53. The standard InChI is InChI=1S/C16H18O2/c1-9-10(2)12(4)15(13(5)11(9)3)16(17)14-7-6-8-18-14/h6-8H,1-5H3. The van der Waals surface area contributed by atoms with Crippen LogP contribution in [0, 0.1) is 34.6 Å². The molecule has 0 unspecified atom stereocenters. The summed E-state index contributed by atoms with van der Waals surface area (Å²) in [5.74, 6) is 0.380. The Kier molecular flexibility index (Phi) is 3.12.